The number of hydrogen-bond donors (Lipinski definition) is 1. The Balaban J connectivity index is 2.86. The van der Waals surface area contributed by atoms with Gasteiger partial charge in [-0.2, -0.15) is 0 Å². The summed E-state index contributed by atoms with van der Waals surface area (Å²) in [5, 5.41) is 3.40. The smallest absolute Gasteiger partial charge is 0.0791 e. The predicted molar refractivity (Wildman–Crippen MR) is 72.9 cm³/mol. The molecule has 0 radical (unpaired) electrons. The van der Waals surface area contributed by atoms with Gasteiger partial charge in [-0.3, -0.25) is 4.98 Å². The number of aromatic nitrogens is 1. The summed E-state index contributed by atoms with van der Waals surface area (Å²) in [6.07, 6.45) is 9.11. The van der Waals surface area contributed by atoms with Gasteiger partial charge in [0.2, 0.25) is 0 Å². The van der Waals surface area contributed by atoms with Crippen LogP contribution in [-0.4, -0.2) is 24.1 Å². The minimum Gasteiger partial charge on any atom is -0.360 e. The standard InChI is InChI=1S/C14H21N3/c1-5-9-17(6-2)14-7-8-15-10-13(14)11-16-12(3)4/h1,7-8,10,12,16H,6,9,11H2,2-4H3. The lowest BCUT2D eigenvalue weighted by Crippen LogP contribution is -2.27. The lowest BCUT2D eigenvalue weighted by molar-refractivity contribution is 0.587. The Labute approximate surface area is 104 Å². The Morgan fingerprint density at radius 3 is 2.88 bits per heavy atom. The normalized spacial score (nSPS) is 10.3. The van der Waals surface area contributed by atoms with Crippen LogP contribution in [0.5, 0.6) is 0 Å². The predicted octanol–water partition coefficient (Wildman–Crippen LogP) is 2.04. The molecule has 0 aliphatic carbocycles. The van der Waals surface area contributed by atoms with Crippen LogP contribution in [0.2, 0.25) is 0 Å². The molecule has 0 saturated heterocycles. The molecule has 0 spiro atoms. The van der Waals surface area contributed by atoms with E-state index in [1.165, 1.54) is 11.3 Å². The first-order chi connectivity index (χ1) is 8.19. The summed E-state index contributed by atoms with van der Waals surface area (Å²) in [7, 11) is 0. The first-order valence-corrected chi connectivity index (χ1v) is 6.03. The van der Waals surface area contributed by atoms with Crippen molar-refractivity contribution >= 4 is 5.69 Å². The van der Waals surface area contributed by atoms with Crippen molar-refractivity contribution < 1.29 is 0 Å². The van der Waals surface area contributed by atoms with Crippen LogP contribution in [-0.2, 0) is 6.54 Å². The van der Waals surface area contributed by atoms with Crippen LogP contribution in [0.15, 0.2) is 18.5 Å². The van der Waals surface area contributed by atoms with E-state index in [0.717, 1.165) is 13.1 Å². The van der Waals surface area contributed by atoms with Gasteiger partial charge in [0.1, 0.15) is 0 Å². The van der Waals surface area contributed by atoms with Crippen LogP contribution >= 0.6 is 0 Å². The molecule has 0 aliphatic heterocycles. The topological polar surface area (TPSA) is 28.2 Å². The van der Waals surface area contributed by atoms with Crippen molar-refractivity contribution in [3.05, 3.63) is 24.0 Å². The minimum atomic E-state index is 0.464. The molecule has 0 atom stereocenters. The molecule has 1 N–H and O–H groups in total. The molecule has 1 rings (SSSR count). The molecule has 0 aromatic carbocycles. The van der Waals surface area contributed by atoms with Gasteiger partial charge in [-0.1, -0.05) is 19.8 Å². The molecule has 0 bridgehead atoms. The number of nitrogens with one attached hydrogen (secondary N) is 1. The van der Waals surface area contributed by atoms with Crippen molar-refractivity contribution in [3.63, 3.8) is 0 Å². The molecule has 0 aliphatic rings. The molecule has 3 heteroatoms. The van der Waals surface area contributed by atoms with E-state index in [0.29, 0.717) is 12.6 Å². The van der Waals surface area contributed by atoms with Crippen LogP contribution < -0.4 is 10.2 Å². The quantitative estimate of drug-likeness (QED) is 0.759. The largest absolute Gasteiger partial charge is 0.360 e. The Hall–Kier alpha value is -1.53. The number of pyridine rings is 1. The summed E-state index contributed by atoms with van der Waals surface area (Å²) in [5.74, 6) is 2.69. The van der Waals surface area contributed by atoms with Gasteiger partial charge in [-0.15, -0.1) is 6.42 Å². The highest BCUT2D eigenvalue weighted by molar-refractivity contribution is 5.53. The van der Waals surface area contributed by atoms with E-state index in [1.807, 2.05) is 18.5 Å². The fourth-order valence-electron chi connectivity index (χ4n) is 1.66. The first kappa shape index (κ1) is 13.5. The van der Waals surface area contributed by atoms with E-state index in [2.05, 4.69) is 41.9 Å². The minimum absolute atomic E-state index is 0.464. The van der Waals surface area contributed by atoms with E-state index in [-0.39, 0.29) is 0 Å². The summed E-state index contributed by atoms with van der Waals surface area (Å²) in [4.78, 5) is 6.36. The number of anilines is 1. The zero-order chi connectivity index (χ0) is 12.7. The van der Waals surface area contributed by atoms with E-state index in [4.69, 9.17) is 6.42 Å². The van der Waals surface area contributed by atoms with E-state index < -0.39 is 0 Å². The van der Waals surface area contributed by atoms with Gasteiger partial charge in [0.15, 0.2) is 0 Å². The van der Waals surface area contributed by atoms with Crippen LogP contribution in [0, 0.1) is 12.3 Å². The average molecular weight is 231 g/mol. The molecule has 3 nitrogen and oxygen atoms in total. The molecular formula is C14H21N3. The van der Waals surface area contributed by atoms with Crippen molar-refractivity contribution in [3.8, 4) is 12.3 Å². The molecule has 0 amide bonds. The number of terminal acetylenes is 1. The van der Waals surface area contributed by atoms with E-state index in [1.54, 1.807) is 0 Å². The highest BCUT2D eigenvalue weighted by Gasteiger charge is 2.08. The fraction of sp³-hybridized carbons (Fsp3) is 0.500. The van der Waals surface area contributed by atoms with Gasteiger partial charge in [0, 0.05) is 42.8 Å². The van der Waals surface area contributed by atoms with E-state index >= 15 is 0 Å². The molecule has 0 fully saturated rings. The van der Waals surface area contributed by atoms with E-state index in [9.17, 15) is 0 Å². The second-order valence-electron chi connectivity index (χ2n) is 4.26. The Morgan fingerprint density at radius 2 is 2.29 bits per heavy atom. The molecule has 0 saturated carbocycles. The van der Waals surface area contributed by atoms with Gasteiger partial charge in [0.05, 0.1) is 6.54 Å². The third-order valence-corrected chi connectivity index (χ3v) is 2.58. The summed E-state index contributed by atoms with van der Waals surface area (Å²) >= 11 is 0. The Kier molecular flexibility index (Phi) is 5.51. The van der Waals surface area contributed by atoms with Gasteiger partial charge in [0.25, 0.3) is 0 Å². The Bertz CT molecular complexity index is 379. The van der Waals surface area contributed by atoms with Crippen molar-refractivity contribution in [2.24, 2.45) is 0 Å². The number of rotatable bonds is 6. The average Bonchev–Trinajstić information content (AvgIpc) is 2.34. The number of nitrogens with zero attached hydrogens (tertiary/aromatic N) is 2. The summed E-state index contributed by atoms with van der Waals surface area (Å²) in [6, 6.07) is 2.49. The monoisotopic (exact) mass is 231 g/mol. The van der Waals surface area contributed by atoms with Gasteiger partial charge < -0.3 is 10.2 Å². The van der Waals surface area contributed by atoms with Crippen LogP contribution in [0.4, 0.5) is 5.69 Å². The summed E-state index contributed by atoms with van der Waals surface area (Å²) < 4.78 is 0. The fourth-order valence-corrected chi connectivity index (χ4v) is 1.66. The third kappa shape index (κ3) is 4.08. The summed E-state index contributed by atoms with van der Waals surface area (Å²) in [6.45, 7) is 8.74. The van der Waals surface area contributed by atoms with Crippen molar-refractivity contribution in [1.29, 1.82) is 0 Å². The maximum absolute atomic E-state index is 5.39. The molecular weight excluding hydrogens is 210 g/mol. The Morgan fingerprint density at radius 1 is 1.53 bits per heavy atom. The second kappa shape index (κ2) is 6.93. The lowest BCUT2D eigenvalue weighted by atomic mass is 10.2. The maximum Gasteiger partial charge on any atom is 0.0791 e. The summed E-state index contributed by atoms with van der Waals surface area (Å²) in [5.41, 5.74) is 2.37. The molecule has 92 valence electrons. The second-order valence-corrected chi connectivity index (χ2v) is 4.26. The van der Waals surface area contributed by atoms with Crippen molar-refractivity contribution in [2.45, 2.75) is 33.4 Å². The van der Waals surface area contributed by atoms with Gasteiger partial charge >= 0.3 is 0 Å². The van der Waals surface area contributed by atoms with Gasteiger partial charge in [-0.05, 0) is 13.0 Å². The molecule has 0 unspecified atom stereocenters. The third-order valence-electron chi connectivity index (χ3n) is 2.58. The van der Waals surface area contributed by atoms with Crippen LogP contribution in [0.1, 0.15) is 26.3 Å². The van der Waals surface area contributed by atoms with Crippen molar-refractivity contribution in [1.82, 2.24) is 10.3 Å². The van der Waals surface area contributed by atoms with Crippen LogP contribution in [0.25, 0.3) is 0 Å². The highest BCUT2D eigenvalue weighted by atomic mass is 15.1. The van der Waals surface area contributed by atoms with Gasteiger partial charge in [-0.25, -0.2) is 0 Å². The lowest BCUT2D eigenvalue weighted by Gasteiger charge is -2.23. The molecule has 17 heavy (non-hydrogen) atoms. The maximum atomic E-state index is 5.39. The van der Waals surface area contributed by atoms with Crippen molar-refractivity contribution in [2.75, 3.05) is 18.0 Å². The SMILES string of the molecule is C#CCN(CC)c1ccncc1CNC(C)C. The molecule has 1 aromatic heterocycles. The molecule has 1 aromatic rings. The number of hydrogen-bond acceptors (Lipinski definition) is 3. The first-order valence-electron chi connectivity index (χ1n) is 6.03. The zero-order valence-corrected chi connectivity index (χ0v) is 10.9. The molecule has 1 heterocycles. The zero-order valence-electron chi connectivity index (χ0n) is 10.9. The highest BCUT2D eigenvalue weighted by Crippen LogP contribution is 2.18. The van der Waals surface area contributed by atoms with Crippen LogP contribution in [0.3, 0.4) is 0 Å².